The maximum Gasteiger partial charge on any atom is 0.143 e. The summed E-state index contributed by atoms with van der Waals surface area (Å²) in [7, 11) is 0. The number of rotatable bonds is 1. The first-order valence-electron chi connectivity index (χ1n) is 4.27. The van der Waals surface area contributed by atoms with E-state index in [9.17, 15) is 0 Å². The van der Waals surface area contributed by atoms with Crippen molar-refractivity contribution < 1.29 is 4.74 Å². The Morgan fingerprint density at radius 2 is 2.38 bits per heavy atom. The summed E-state index contributed by atoms with van der Waals surface area (Å²) < 4.78 is 5.58. The van der Waals surface area contributed by atoms with Crippen LogP contribution >= 0.6 is 23.7 Å². The molecule has 1 aliphatic heterocycles. The van der Waals surface area contributed by atoms with E-state index in [-0.39, 0.29) is 18.6 Å². The van der Waals surface area contributed by atoms with Gasteiger partial charge in [0, 0.05) is 16.3 Å². The predicted octanol–water partition coefficient (Wildman–Crippen LogP) is 2.49. The molecule has 0 bridgehead atoms. The van der Waals surface area contributed by atoms with Crippen LogP contribution in [0.3, 0.4) is 0 Å². The highest BCUT2D eigenvalue weighted by molar-refractivity contribution is 7.12. The molecule has 0 aromatic carbocycles. The van der Waals surface area contributed by atoms with Crippen LogP contribution in [0.4, 0.5) is 0 Å². The number of hydrogen-bond donors (Lipinski definition) is 1. The van der Waals surface area contributed by atoms with E-state index >= 15 is 0 Å². The summed E-state index contributed by atoms with van der Waals surface area (Å²) in [6.45, 7) is 4.08. The van der Waals surface area contributed by atoms with Crippen LogP contribution in [-0.2, 0) is 4.74 Å². The molecular weight excluding hydrogens is 206 g/mol. The van der Waals surface area contributed by atoms with Crippen molar-refractivity contribution in [3.63, 3.8) is 0 Å². The van der Waals surface area contributed by atoms with Crippen LogP contribution < -0.4 is 5.32 Å². The van der Waals surface area contributed by atoms with E-state index in [0.29, 0.717) is 0 Å². The molecule has 1 fully saturated rings. The third kappa shape index (κ3) is 2.68. The maximum absolute atomic E-state index is 5.58. The molecule has 0 amide bonds. The van der Waals surface area contributed by atoms with Crippen molar-refractivity contribution in [3.8, 4) is 0 Å². The summed E-state index contributed by atoms with van der Waals surface area (Å²) in [5.41, 5.74) is 0. The molecule has 74 valence electrons. The zero-order valence-electron chi connectivity index (χ0n) is 7.58. The molecule has 0 spiro atoms. The molecule has 0 radical (unpaired) electrons. The van der Waals surface area contributed by atoms with Gasteiger partial charge in [0.1, 0.15) is 6.23 Å². The molecule has 2 nitrogen and oxygen atoms in total. The Bertz CT molecular complexity index is 258. The standard InChI is InChI=1S/C9H13NOS.ClH/c1-7-3-4-8(12-7)9-10-5-2-6-11-9;/h3-4,9-10H,2,5-6H2,1H3;1H. The first kappa shape index (κ1) is 11.0. The van der Waals surface area contributed by atoms with Crippen molar-refractivity contribution in [2.45, 2.75) is 19.6 Å². The van der Waals surface area contributed by atoms with Crippen molar-refractivity contribution in [2.75, 3.05) is 13.2 Å². The molecule has 13 heavy (non-hydrogen) atoms. The van der Waals surface area contributed by atoms with E-state index in [2.05, 4.69) is 24.4 Å². The van der Waals surface area contributed by atoms with Crippen LogP contribution in [-0.4, -0.2) is 13.2 Å². The van der Waals surface area contributed by atoms with Gasteiger partial charge in [-0.1, -0.05) is 0 Å². The van der Waals surface area contributed by atoms with Crippen LogP contribution in [0.15, 0.2) is 12.1 Å². The summed E-state index contributed by atoms with van der Waals surface area (Å²) in [5, 5.41) is 3.34. The zero-order valence-corrected chi connectivity index (χ0v) is 9.21. The highest BCUT2D eigenvalue weighted by Gasteiger charge is 2.15. The smallest absolute Gasteiger partial charge is 0.143 e. The molecule has 1 aromatic rings. The van der Waals surface area contributed by atoms with Crippen LogP contribution in [0.1, 0.15) is 22.4 Å². The third-order valence-electron chi connectivity index (χ3n) is 1.95. The molecule has 2 rings (SSSR count). The number of hydrogen-bond acceptors (Lipinski definition) is 3. The summed E-state index contributed by atoms with van der Waals surface area (Å²) in [5.74, 6) is 0. The van der Waals surface area contributed by atoms with E-state index in [1.807, 2.05) is 0 Å². The second kappa shape index (κ2) is 4.96. The minimum Gasteiger partial charge on any atom is -0.358 e. The van der Waals surface area contributed by atoms with Crippen molar-refractivity contribution >= 4 is 23.7 Å². The van der Waals surface area contributed by atoms with Crippen molar-refractivity contribution in [2.24, 2.45) is 0 Å². The van der Waals surface area contributed by atoms with E-state index < -0.39 is 0 Å². The minimum absolute atomic E-state index is 0. The van der Waals surface area contributed by atoms with Crippen LogP contribution in [0.25, 0.3) is 0 Å². The van der Waals surface area contributed by atoms with Crippen molar-refractivity contribution in [1.82, 2.24) is 5.32 Å². The SMILES string of the molecule is Cc1ccc(C2NCCCO2)s1.Cl. The maximum atomic E-state index is 5.58. The summed E-state index contributed by atoms with van der Waals surface area (Å²) in [6.07, 6.45) is 1.28. The zero-order chi connectivity index (χ0) is 8.39. The lowest BCUT2D eigenvalue weighted by molar-refractivity contribution is 0.00197. The van der Waals surface area contributed by atoms with E-state index in [1.165, 1.54) is 9.75 Å². The molecule has 1 unspecified atom stereocenters. The minimum atomic E-state index is 0. The fourth-order valence-electron chi connectivity index (χ4n) is 1.34. The fourth-order valence-corrected chi connectivity index (χ4v) is 2.24. The van der Waals surface area contributed by atoms with Crippen LogP contribution in [0, 0.1) is 6.92 Å². The molecule has 1 atom stereocenters. The number of aryl methyl sites for hydroxylation is 1. The van der Waals surface area contributed by atoms with Gasteiger partial charge in [0.25, 0.3) is 0 Å². The molecule has 1 N–H and O–H groups in total. The Morgan fingerprint density at radius 3 is 2.92 bits per heavy atom. The molecule has 1 aromatic heterocycles. The van der Waals surface area contributed by atoms with Gasteiger partial charge in [-0.15, -0.1) is 23.7 Å². The van der Waals surface area contributed by atoms with Crippen LogP contribution in [0.5, 0.6) is 0 Å². The van der Waals surface area contributed by atoms with Crippen molar-refractivity contribution in [1.29, 1.82) is 0 Å². The lowest BCUT2D eigenvalue weighted by atomic mass is 10.3. The van der Waals surface area contributed by atoms with Gasteiger partial charge in [-0.2, -0.15) is 0 Å². The number of ether oxygens (including phenoxy) is 1. The molecule has 0 aliphatic carbocycles. The average Bonchev–Trinajstić information content (AvgIpc) is 2.54. The molecule has 1 saturated heterocycles. The Kier molecular flexibility index (Phi) is 4.19. The van der Waals surface area contributed by atoms with Crippen molar-refractivity contribution in [3.05, 3.63) is 21.9 Å². The van der Waals surface area contributed by atoms with Gasteiger partial charge < -0.3 is 4.74 Å². The lowest BCUT2D eigenvalue weighted by Crippen LogP contribution is -2.30. The van der Waals surface area contributed by atoms with Gasteiger partial charge in [-0.3, -0.25) is 5.32 Å². The number of thiophene rings is 1. The second-order valence-corrected chi connectivity index (χ2v) is 4.33. The van der Waals surface area contributed by atoms with E-state index in [1.54, 1.807) is 11.3 Å². The molecular formula is C9H14ClNOS. The summed E-state index contributed by atoms with van der Waals surface area (Å²) in [6, 6.07) is 4.28. The van der Waals surface area contributed by atoms with Gasteiger partial charge in [0.05, 0.1) is 6.61 Å². The average molecular weight is 220 g/mol. The quantitative estimate of drug-likeness (QED) is 0.784. The van der Waals surface area contributed by atoms with Gasteiger partial charge in [0.2, 0.25) is 0 Å². The Labute approximate surface area is 88.7 Å². The number of halogens is 1. The lowest BCUT2D eigenvalue weighted by Gasteiger charge is -2.22. The first-order valence-corrected chi connectivity index (χ1v) is 5.09. The molecule has 1 aliphatic rings. The van der Waals surface area contributed by atoms with E-state index in [0.717, 1.165) is 19.6 Å². The molecule has 2 heterocycles. The molecule has 4 heteroatoms. The Morgan fingerprint density at radius 1 is 1.54 bits per heavy atom. The Balaban J connectivity index is 0.000000845. The van der Waals surface area contributed by atoms with Crippen LogP contribution in [0.2, 0.25) is 0 Å². The normalized spacial score (nSPS) is 22.4. The van der Waals surface area contributed by atoms with E-state index in [4.69, 9.17) is 4.74 Å². The third-order valence-corrected chi connectivity index (χ3v) is 3.00. The highest BCUT2D eigenvalue weighted by Crippen LogP contribution is 2.24. The largest absolute Gasteiger partial charge is 0.358 e. The summed E-state index contributed by atoms with van der Waals surface area (Å²) in [4.78, 5) is 2.65. The fraction of sp³-hybridized carbons (Fsp3) is 0.556. The van der Waals surface area contributed by atoms with Gasteiger partial charge in [-0.25, -0.2) is 0 Å². The summed E-state index contributed by atoms with van der Waals surface area (Å²) >= 11 is 1.81. The number of nitrogens with one attached hydrogen (secondary N) is 1. The topological polar surface area (TPSA) is 21.3 Å². The second-order valence-electron chi connectivity index (χ2n) is 3.01. The first-order chi connectivity index (χ1) is 5.86. The van der Waals surface area contributed by atoms with Gasteiger partial charge in [0.15, 0.2) is 0 Å². The highest BCUT2D eigenvalue weighted by atomic mass is 35.5. The van der Waals surface area contributed by atoms with Gasteiger partial charge >= 0.3 is 0 Å². The predicted molar refractivity (Wildman–Crippen MR) is 57.6 cm³/mol. The molecule has 0 saturated carbocycles. The van der Waals surface area contributed by atoms with Gasteiger partial charge in [-0.05, 0) is 25.5 Å². The Hall–Kier alpha value is -0.0900. The monoisotopic (exact) mass is 219 g/mol.